The van der Waals surface area contributed by atoms with Gasteiger partial charge in [-0.1, -0.05) is 24.3 Å². The highest BCUT2D eigenvalue weighted by atomic mass is 16.5. The van der Waals surface area contributed by atoms with Crippen molar-refractivity contribution in [1.82, 2.24) is 5.32 Å². The van der Waals surface area contributed by atoms with E-state index in [1.54, 1.807) is 0 Å². The summed E-state index contributed by atoms with van der Waals surface area (Å²) in [4.78, 5) is 12.6. The van der Waals surface area contributed by atoms with Crippen LogP contribution in [-0.4, -0.2) is 25.2 Å². The Labute approximate surface area is 154 Å². The van der Waals surface area contributed by atoms with Crippen LogP contribution in [0.1, 0.15) is 37.9 Å². The lowest BCUT2D eigenvalue weighted by molar-refractivity contribution is -0.127. The minimum absolute atomic E-state index is 0.111. The first-order valence-electron chi connectivity index (χ1n) is 9.06. The molecule has 5 nitrogen and oxygen atoms in total. The first kappa shape index (κ1) is 18.1. The molecule has 0 fully saturated rings. The van der Waals surface area contributed by atoms with Crippen molar-refractivity contribution in [3.05, 3.63) is 53.6 Å². The van der Waals surface area contributed by atoms with E-state index in [-0.39, 0.29) is 11.9 Å². The molecule has 0 saturated heterocycles. The highest BCUT2D eigenvalue weighted by molar-refractivity contribution is 5.83. The molecule has 2 aromatic rings. The third-order valence-corrected chi connectivity index (χ3v) is 4.37. The van der Waals surface area contributed by atoms with Gasteiger partial charge >= 0.3 is 0 Å². The van der Waals surface area contributed by atoms with Gasteiger partial charge in [0.2, 0.25) is 0 Å². The molecular formula is C21H25NO4. The summed E-state index contributed by atoms with van der Waals surface area (Å²) in [7, 11) is 0. The second-order valence-electron chi connectivity index (χ2n) is 6.22. The Bertz CT molecular complexity index is 749. The number of amides is 1. The van der Waals surface area contributed by atoms with E-state index in [2.05, 4.69) is 5.32 Å². The fourth-order valence-electron chi connectivity index (χ4n) is 3.06. The van der Waals surface area contributed by atoms with Crippen LogP contribution in [0.5, 0.6) is 17.2 Å². The van der Waals surface area contributed by atoms with Gasteiger partial charge in [-0.05, 0) is 50.1 Å². The first-order valence-corrected chi connectivity index (χ1v) is 9.06. The maximum absolute atomic E-state index is 12.6. The lowest BCUT2D eigenvalue weighted by Gasteiger charge is -2.19. The van der Waals surface area contributed by atoms with Gasteiger partial charge in [-0.15, -0.1) is 0 Å². The Morgan fingerprint density at radius 1 is 1.15 bits per heavy atom. The fourth-order valence-corrected chi connectivity index (χ4v) is 3.06. The monoisotopic (exact) mass is 355 g/mol. The molecule has 3 rings (SSSR count). The summed E-state index contributed by atoms with van der Waals surface area (Å²) in [5.41, 5.74) is 2.03. The third kappa shape index (κ3) is 3.93. The molecule has 1 N–H and O–H groups in total. The highest BCUT2D eigenvalue weighted by Gasteiger charge is 2.29. The third-order valence-electron chi connectivity index (χ3n) is 4.37. The van der Waals surface area contributed by atoms with Crippen molar-refractivity contribution in [2.75, 3.05) is 13.2 Å². The van der Waals surface area contributed by atoms with Crippen LogP contribution in [0, 0.1) is 0 Å². The van der Waals surface area contributed by atoms with E-state index in [4.69, 9.17) is 14.2 Å². The summed E-state index contributed by atoms with van der Waals surface area (Å²) < 4.78 is 17.0. The van der Waals surface area contributed by atoms with Crippen LogP contribution in [0.3, 0.4) is 0 Å². The molecule has 138 valence electrons. The van der Waals surface area contributed by atoms with Gasteiger partial charge in [-0.3, -0.25) is 4.79 Å². The number of nitrogens with one attached hydrogen (secondary N) is 1. The van der Waals surface area contributed by atoms with Crippen LogP contribution in [0.2, 0.25) is 0 Å². The molecule has 0 saturated carbocycles. The summed E-state index contributed by atoms with van der Waals surface area (Å²) in [6.07, 6.45) is 0.117. The summed E-state index contributed by atoms with van der Waals surface area (Å²) in [5, 5.41) is 3.03. The molecule has 5 heteroatoms. The molecule has 1 aliphatic heterocycles. The van der Waals surface area contributed by atoms with Gasteiger partial charge in [0.25, 0.3) is 5.91 Å². The number of hydrogen-bond donors (Lipinski definition) is 1. The summed E-state index contributed by atoms with van der Waals surface area (Å²) in [6, 6.07) is 13.3. The molecule has 0 radical (unpaired) electrons. The van der Waals surface area contributed by atoms with E-state index >= 15 is 0 Å². The zero-order valence-corrected chi connectivity index (χ0v) is 15.5. The number of rotatable bonds is 7. The standard InChI is InChI=1S/C21H25NO4/c1-4-24-18-11-10-15(12-19(18)25-5-2)14(3)22-21(23)20-13-16-8-6-7-9-17(16)26-20/h6-12,14,20H,4-5,13H2,1-3H3,(H,22,23). The fraction of sp³-hybridized carbons (Fsp3) is 0.381. The van der Waals surface area contributed by atoms with Crippen LogP contribution in [0.25, 0.3) is 0 Å². The highest BCUT2D eigenvalue weighted by Crippen LogP contribution is 2.31. The summed E-state index contributed by atoms with van der Waals surface area (Å²) in [5.74, 6) is 2.09. The zero-order chi connectivity index (χ0) is 18.5. The van der Waals surface area contributed by atoms with E-state index in [1.807, 2.05) is 63.2 Å². The Hall–Kier alpha value is -2.69. The maximum atomic E-state index is 12.6. The Morgan fingerprint density at radius 2 is 1.88 bits per heavy atom. The van der Waals surface area contributed by atoms with Gasteiger partial charge in [0.1, 0.15) is 5.75 Å². The van der Waals surface area contributed by atoms with Gasteiger partial charge in [0, 0.05) is 6.42 Å². The topological polar surface area (TPSA) is 56.8 Å². The SMILES string of the molecule is CCOc1ccc(C(C)NC(=O)C2Cc3ccccc3O2)cc1OCC. The molecule has 0 bridgehead atoms. The number of hydrogen-bond acceptors (Lipinski definition) is 4. The number of carbonyl (C=O) groups excluding carboxylic acids is 1. The van der Waals surface area contributed by atoms with E-state index in [1.165, 1.54) is 0 Å². The molecule has 0 aliphatic carbocycles. The smallest absolute Gasteiger partial charge is 0.261 e. The molecule has 0 aromatic heterocycles. The largest absolute Gasteiger partial charge is 0.490 e. The molecule has 1 heterocycles. The summed E-state index contributed by atoms with van der Waals surface area (Å²) in [6.45, 7) is 6.95. The zero-order valence-electron chi connectivity index (χ0n) is 15.5. The number of carbonyl (C=O) groups is 1. The molecular weight excluding hydrogens is 330 g/mol. The molecule has 2 atom stereocenters. The van der Waals surface area contributed by atoms with Crippen molar-refractivity contribution in [1.29, 1.82) is 0 Å². The maximum Gasteiger partial charge on any atom is 0.261 e. The van der Waals surface area contributed by atoms with Crippen LogP contribution in [0.15, 0.2) is 42.5 Å². The molecule has 0 spiro atoms. The number of fused-ring (bicyclic) bond motifs is 1. The lowest BCUT2D eigenvalue weighted by atomic mass is 10.1. The number of para-hydroxylation sites is 1. The lowest BCUT2D eigenvalue weighted by Crippen LogP contribution is -2.38. The van der Waals surface area contributed by atoms with E-state index in [0.717, 1.165) is 16.9 Å². The van der Waals surface area contributed by atoms with Crippen molar-refractivity contribution < 1.29 is 19.0 Å². The minimum Gasteiger partial charge on any atom is -0.490 e. The van der Waals surface area contributed by atoms with Crippen molar-refractivity contribution in [2.45, 2.75) is 39.3 Å². The average Bonchev–Trinajstić information content (AvgIpc) is 3.08. The van der Waals surface area contributed by atoms with Gasteiger partial charge in [-0.2, -0.15) is 0 Å². The van der Waals surface area contributed by atoms with Crippen LogP contribution in [-0.2, 0) is 11.2 Å². The quantitative estimate of drug-likeness (QED) is 0.823. The minimum atomic E-state index is -0.482. The number of benzene rings is 2. The van der Waals surface area contributed by atoms with E-state index < -0.39 is 6.10 Å². The van der Waals surface area contributed by atoms with Gasteiger partial charge < -0.3 is 19.5 Å². The number of ether oxygens (including phenoxy) is 3. The molecule has 1 amide bonds. The predicted molar refractivity (Wildman–Crippen MR) is 99.9 cm³/mol. The van der Waals surface area contributed by atoms with Crippen LogP contribution in [0.4, 0.5) is 0 Å². The second-order valence-corrected chi connectivity index (χ2v) is 6.22. The Balaban J connectivity index is 1.67. The predicted octanol–water partition coefficient (Wildman–Crippen LogP) is 3.66. The molecule has 2 aromatic carbocycles. The molecule has 1 aliphatic rings. The first-order chi connectivity index (χ1) is 12.6. The molecule has 26 heavy (non-hydrogen) atoms. The van der Waals surface area contributed by atoms with Crippen molar-refractivity contribution >= 4 is 5.91 Å². The van der Waals surface area contributed by atoms with E-state index in [9.17, 15) is 4.79 Å². The average molecular weight is 355 g/mol. The van der Waals surface area contributed by atoms with Crippen molar-refractivity contribution in [3.63, 3.8) is 0 Å². The Morgan fingerprint density at radius 3 is 2.62 bits per heavy atom. The Kier molecular flexibility index (Phi) is 5.66. The van der Waals surface area contributed by atoms with Gasteiger partial charge in [0.15, 0.2) is 17.6 Å². The van der Waals surface area contributed by atoms with Gasteiger partial charge in [0.05, 0.1) is 19.3 Å². The second kappa shape index (κ2) is 8.13. The van der Waals surface area contributed by atoms with E-state index in [0.29, 0.717) is 31.1 Å². The van der Waals surface area contributed by atoms with Crippen LogP contribution < -0.4 is 19.5 Å². The van der Waals surface area contributed by atoms with Crippen LogP contribution >= 0.6 is 0 Å². The van der Waals surface area contributed by atoms with Crippen molar-refractivity contribution in [2.24, 2.45) is 0 Å². The molecule has 2 unspecified atom stereocenters. The van der Waals surface area contributed by atoms with Gasteiger partial charge in [-0.25, -0.2) is 0 Å². The van der Waals surface area contributed by atoms with Crippen molar-refractivity contribution in [3.8, 4) is 17.2 Å². The normalized spacial score (nSPS) is 16.3. The summed E-state index contributed by atoms with van der Waals surface area (Å²) >= 11 is 0.